The molecule has 1 unspecified atom stereocenters. The molecule has 1 aliphatic heterocycles. The van der Waals surface area contributed by atoms with Gasteiger partial charge in [0.1, 0.15) is 0 Å². The normalized spacial score (nSPS) is 18.9. The quantitative estimate of drug-likeness (QED) is 0.891. The van der Waals surface area contributed by atoms with Gasteiger partial charge in [0.25, 0.3) is 0 Å². The van der Waals surface area contributed by atoms with Crippen molar-refractivity contribution in [3.8, 4) is 0 Å². The van der Waals surface area contributed by atoms with Crippen LogP contribution in [0.2, 0.25) is 0 Å². The molecule has 0 radical (unpaired) electrons. The smallest absolute Gasteiger partial charge is 0.0263 e. The fourth-order valence-corrected chi connectivity index (χ4v) is 3.83. The molecule has 3 heteroatoms. The van der Waals surface area contributed by atoms with Gasteiger partial charge >= 0.3 is 0 Å². The van der Waals surface area contributed by atoms with Crippen LogP contribution in [-0.4, -0.2) is 42.4 Å². The summed E-state index contributed by atoms with van der Waals surface area (Å²) in [6.07, 6.45) is 1.22. The molecule has 0 aliphatic carbocycles. The highest BCUT2D eigenvalue weighted by molar-refractivity contribution is 8.00. The second-order valence-corrected chi connectivity index (χ2v) is 7.83. The Morgan fingerprint density at radius 3 is 2.74 bits per heavy atom. The van der Waals surface area contributed by atoms with Gasteiger partial charge in [0.05, 0.1) is 0 Å². The number of hydrogen-bond donors (Lipinski definition) is 1. The number of fused-ring (bicyclic) bond motifs is 1. The number of nitrogens with zero attached hydrogens (tertiary/aromatic N) is 1. The topological polar surface area (TPSA) is 15.3 Å². The molecule has 1 atom stereocenters. The Morgan fingerprint density at radius 1 is 1.32 bits per heavy atom. The fourth-order valence-electron chi connectivity index (χ4n) is 2.42. The second-order valence-electron chi connectivity index (χ2n) is 6.49. The number of hydrogen-bond acceptors (Lipinski definition) is 3. The van der Waals surface area contributed by atoms with E-state index in [1.165, 1.54) is 23.4 Å². The Hall–Kier alpha value is -0.510. The summed E-state index contributed by atoms with van der Waals surface area (Å²) in [5.41, 5.74) is 1.75. The molecule has 1 aliphatic rings. The Balaban J connectivity index is 1.72. The molecule has 0 spiro atoms. The second kappa shape index (κ2) is 6.29. The third-order valence-corrected chi connectivity index (χ3v) is 4.68. The molecule has 106 valence electrons. The molecule has 1 aromatic rings. The lowest BCUT2D eigenvalue weighted by Gasteiger charge is -2.24. The molecule has 2 rings (SSSR count). The zero-order chi connectivity index (χ0) is 13.9. The van der Waals surface area contributed by atoms with Crippen molar-refractivity contribution in [1.29, 1.82) is 0 Å². The van der Waals surface area contributed by atoms with Crippen molar-refractivity contribution in [2.45, 2.75) is 42.9 Å². The standard InChI is InChI=1S/C16H26N2S/c1-16(2,3)17-9-10-18(4)12-14-11-13-7-5-6-8-15(13)19-14/h5-8,14,17H,9-12H2,1-4H3. The SMILES string of the molecule is CN(CCNC(C)(C)C)CC1Cc2ccccc2S1. The van der Waals surface area contributed by atoms with E-state index in [9.17, 15) is 0 Å². The van der Waals surface area contributed by atoms with Gasteiger partial charge in [0, 0.05) is 35.3 Å². The van der Waals surface area contributed by atoms with Crippen molar-refractivity contribution < 1.29 is 0 Å². The predicted octanol–water partition coefficient (Wildman–Crippen LogP) is 3.02. The maximum Gasteiger partial charge on any atom is 0.0263 e. The van der Waals surface area contributed by atoms with Gasteiger partial charge in [0.15, 0.2) is 0 Å². The summed E-state index contributed by atoms with van der Waals surface area (Å²) in [6, 6.07) is 8.81. The van der Waals surface area contributed by atoms with Crippen LogP contribution in [0.3, 0.4) is 0 Å². The summed E-state index contributed by atoms with van der Waals surface area (Å²) in [7, 11) is 2.23. The van der Waals surface area contributed by atoms with Crippen molar-refractivity contribution in [2.75, 3.05) is 26.7 Å². The van der Waals surface area contributed by atoms with E-state index < -0.39 is 0 Å². The molecular formula is C16H26N2S. The lowest BCUT2D eigenvalue weighted by Crippen LogP contribution is -2.41. The first-order valence-electron chi connectivity index (χ1n) is 7.12. The minimum absolute atomic E-state index is 0.221. The van der Waals surface area contributed by atoms with Crippen molar-refractivity contribution >= 4 is 11.8 Å². The highest BCUT2D eigenvalue weighted by Crippen LogP contribution is 2.36. The molecule has 0 bridgehead atoms. The number of benzene rings is 1. The molecular weight excluding hydrogens is 252 g/mol. The van der Waals surface area contributed by atoms with Gasteiger partial charge in [-0.05, 0) is 45.9 Å². The molecule has 1 heterocycles. The molecule has 0 fully saturated rings. The minimum atomic E-state index is 0.221. The van der Waals surface area contributed by atoms with Gasteiger partial charge in [-0.25, -0.2) is 0 Å². The van der Waals surface area contributed by atoms with E-state index in [4.69, 9.17) is 0 Å². The number of nitrogens with one attached hydrogen (secondary N) is 1. The maximum atomic E-state index is 3.55. The molecule has 1 N–H and O–H groups in total. The lowest BCUT2D eigenvalue weighted by atomic mass is 10.1. The van der Waals surface area contributed by atoms with Gasteiger partial charge < -0.3 is 10.2 Å². The van der Waals surface area contributed by atoms with Crippen LogP contribution >= 0.6 is 11.8 Å². The minimum Gasteiger partial charge on any atom is -0.311 e. The van der Waals surface area contributed by atoms with Gasteiger partial charge in [-0.2, -0.15) is 0 Å². The Labute approximate surface area is 122 Å². The van der Waals surface area contributed by atoms with Crippen molar-refractivity contribution in [3.05, 3.63) is 29.8 Å². The first-order valence-corrected chi connectivity index (χ1v) is 8.00. The van der Waals surface area contributed by atoms with E-state index in [0.29, 0.717) is 0 Å². The monoisotopic (exact) mass is 278 g/mol. The summed E-state index contributed by atoms with van der Waals surface area (Å²) in [4.78, 5) is 3.93. The first-order chi connectivity index (χ1) is 8.94. The maximum absolute atomic E-state index is 3.55. The van der Waals surface area contributed by atoms with Gasteiger partial charge in [-0.1, -0.05) is 18.2 Å². The number of thioether (sulfide) groups is 1. The van der Waals surface area contributed by atoms with Crippen molar-refractivity contribution in [1.82, 2.24) is 10.2 Å². The summed E-state index contributed by atoms with van der Waals surface area (Å²) in [5.74, 6) is 0. The number of likely N-dealkylation sites (N-methyl/N-ethyl adjacent to an activating group) is 1. The van der Waals surface area contributed by atoms with Crippen LogP contribution in [0.15, 0.2) is 29.2 Å². The molecule has 1 aromatic carbocycles. The van der Waals surface area contributed by atoms with Gasteiger partial charge in [0.2, 0.25) is 0 Å². The highest BCUT2D eigenvalue weighted by atomic mass is 32.2. The van der Waals surface area contributed by atoms with Crippen LogP contribution in [0.5, 0.6) is 0 Å². The fraction of sp³-hybridized carbons (Fsp3) is 0.625. The zero-order valence-corrected chi connectivity index (χ0v) is 13.4. The highest BCUT2D eigenvalue weighted by Gasteiger charge is 2.22. The van der Waals surface area contributed by atoms with Crippen LogP contribution < -0.4 is 5.32 Å². The third kappa shape index (κ3) is 4.83. The van der Waals surface area contributed by atoms with Crippen molar-refractivity contribution in [2.24, 2.45) is 0 Å². The largest absolute Gasteiger partial charge is 0.311 e. The zero-order valence-electron chi connectivity index (χ0n) is 12.6. The molecule has 2 nitrogen and oxygen atoms in total. The Kier molecular flexibility index (Phi) is 4.93. The summed E-state index contributed by atoms with van der Waals surface area (Å²) in [6.45, 7) is 10.0. The van der Waals surface area contributed by atoms with Crippen LogP contribution in [0, 0.1) is 0 Å². The van der Waals surface area contributed by atoms with Crippen LogP contribution in [0.1, 0.15) is 26.3 Å². The molecule has 0 saturated heterocycles. The molecule has 0 amide bonds. The van der Waals surface area contributed by atoms with E-state index in [-0.39, 0.29) is 5.54 Å². The Morgan fingerprint density at radius 2 is 2.05 bits per heavy atom. The third-order valence-electron chi connectivity index (χ3n) is 3.38. The predicted molar refractivity (Wildman–Crippen MR) is 85.0 cm³/mol. The summed E-state index contributed by atoms with van der Waals surface area (Å²) < 4.78 is 0. The van der Waals surface area contributed by atoms with Crippen LogP contribution in [0.25, 0.3) is 0 Å². The Bertz CT molecular complexity index is 386. The van der Waals surface area contributed by atoms with Crippen LogP contribution in [-0.2, 0) is 6.42 Å². The molecule has 0 aromatic heterocycles. The van der Waals surface area contributed by atoms with E-state index in [0.717, 1.165) is 18.3 Å². The van der Waals surface area contributed by atoms with Gasteiger partial charge in [-0.3, -0.25) is 0 Å². The average molecular weight is 278 g/mol. The molecule has 19 heavy (non-hydrogen) atoms. The van der Waals surface area contributed by atoms with Gasteiger partial charge in [-0.15, -0.1) is 11.8 Å². The summed E-state index contributed by atoms with van der Waals surface area (Å²) >= 11 is 2.04. The van der Waals surface area contributed by atoms with E-state index in [1.807, 2.05) is 11.8 Å². The van der Waals surface area contributed by atoms with E-state index >= 15 is 0 Å². The average Bonchev–Trinajstić information content (AvgIpc) is 2.68. The first kappa shape index (κ1) is 14.9. The molecule has 0 saturated carbocycles. The van der Waals surface area contributed by atoms with E-state index in [2.05, 4.69) is 62.3 Å². The summed E-state index contributed by atoms with van der Waals surface area (Å²) in [5, 5.41) is 4.27. The van der Waals surface area contributed by atoms with Crippen LogP contribution in [0.4, 0.5) is 0 Å². The lowest BCUT2D eigenvalue weighted by molar-refractivity contribution is 0.310. The number of rotatable bonds is 5. The van der Waals surface area contributed by atoms with E-state index in [1.54, 1.807) is 0 Å². The van der Waals surface area contributed by atoms with Crippen molar-refractivity contribution in [3.63, 3.8) is 0 Å².